The van der Waals surface area contributed by atoms with E-state index < -0.39 is 34.7 Å². The molecule has 0 saturated carbocycles. The largest absolute Gasteiger partial charge is 0.503 e. The van der Waals surface area contributed by atoms with Crippen LogP contribution in [-0.2, 0) is 0 Å². The molecule has 0 saturated heterocycles. The molecule has 1 amide bonds. The van der Waals surface area contributed by atoms with E-state index in [0.717, 1.165) is 5.56 Å². The zero-order valence-electron chi connectivity index (χ0n) is 10.7. The number of carbonyl (C=O) groups is 1. The van der Waals surface area contributed by atoms with Crippen molar-refractivity contribution >= 4 is 27.5 Å². The van der Waals surface area contributed by atoms with Crippen molar-refractivity contribution in [2.75, 3.05) is 5.32 Å². The number of hydrogen-bond acceptors (Lipinski definition) is 2. The van der Waals surface area contributed by atoms with Crippen molar-refractivity contribution in [1.82, 2.24) is 0 Å². The molecule has 2 N–H and O–H groups in total. The number of halogens is 4. The second-order valence-electron chi connectivity index (χ2n) is 4.30. The van der Waals surface area contributed by atoms with Gasteiger partial charge in [-0.3, -0.25) is 4.79 Å². The first kappa shape index (κ1) is 15.4. The van der Waals surface area contributed by atoms with Gasteiger partial charge in [0.2, 0.25) is 5.82 Å². The Morgan fingerprint density at radius 3 is 2.48 bits per heavy atom. The Labute approximate surface area is 126 Å². The van der Waals surface area contributed by atoms with Crippen LogP contribution in [0.15, 0.2) is 28.7 Å². The van der Waals surface area contributed by atoms with Gasteiger partial charge in [-0.15, -0.1) is 0 Å². The second kappa shape index (κ2) is 5.77. The molecule has 2 aromatic carbocycles. The number of rotatable bonds is 2. The Balaban J connectivity index is 2.35. The summed E-state index contributed by atoms with van der Waals surface area (Å²) in [5.41, 5.74) is 0.467. The van der Waals surface area contributed by atoms with Gasteiger partial charge in [-0.2, -0.15) is 4.39 Å². The Kier molecular flexibility index (Phi) is 4.22. The summed E-state index contributed by atoms with van der Waals surface area (Å²) in [7, 11) is 0. The van der Waals surface area contributed by atoms with Gasteiger partial charge in [0.05, 0.1) is 5.56 Å². The minimum atomic E-state index is -1.73. The Hall–Kier alpha value is -2.02. The highest BCUT2D eigenvalue weighted by Crippen LogP contribution is 2.27. The molecule has 0 atom stereocenters. The summed E-state index contributed by atoms with van der Waals surface area (Å²) in [5.74, 6) is -7.29. The van der Waals surface area contributed by atoms with Gasteiger partial charge in [0.25, 0.3) is 5.91 Å². The van der Waals surface area contributed by atoms with E-state index in [0.29, 0.717) is 16.2 Å². The van der Waals surface area contributed by atoms with Crippen LogP contribution >= 0.6 is 15.9 Å². The second-order valence-corrected chi connectivity index (χ2v) is 5.15. The van der Waals surface area contributed by atoms with Crippen LogP contribution in [0.1, 0.15) is 15.9 Å². The molecule has 21 heavy (non-hydrogen) atoms. The molecule has 0 bridgehead atoms. The van der Waals surface area contributed by atoms with Gasteiger partial charge in [0, 0.05) is 10.2 Å². The van der Waals surface area contributed by atoms with Gasteiger partial charge in [-0.25, -0.2) is 8.78 Å². The molecular formula is C14H9BrF3NO2. The molecule has 2 rings (SSSR count). The highest BCUT2D eigenvalue weighted by Gasteiger charge is 2.22. The van der Waals surface area contributed by atoms with Crippen LogP contribution in [-0.4, -0.2) is 11.0 Å². The van der Waals surface area contributed by atoms with Crippen LogP contribution in [0.25, 0.3) is 0 Å². The SMILES string of the molecule is Cc1ccc(NC(=O)c2cc(F)c(F)c(O)c2F)cc1Br. The smallest absolute Gasteiger partial charge is 0.258 e. The average molecular weight is 360 g/mol. The molecule has 3 nitrogen and oxygen atoms in total. The first-order valence-corrected chi connectivity index (χ1v) is 6.54. The third kappa shape index (κ3) is 3.02. The Morgan fingerprint density at radius 1 is 1.19 bits per heavy atom. The maximum atomic E-state index is 13.6. The first-order valence-electron chi connectivity index (χ1n) is 5.75. The number of aryl methyl sites for hydroxylation is 1. The van der Waals surface area contributed by atoms with Gasteiger partial charge < -0.3 is 10.4 Å². The maximum Gasteiger partial charge on any atom is 0.258 e. The summed E-state index contributed by atoms with van der Waals surface area (Å²) in [6, 6.07) is 5.24. The quantitative estimate of drug-likeness (QED) is 0.792. The molecule has 7 heteroatoms. The van der Waals surface area contributed by atoms with Crippen molar-refractivity contribution in [2.45, 2.75) is 6.92 Å². The molecular weight excluding hydrogens is 351 g/mol. The molecule has 110 valence electrons. The van der Waals surface area contributed by atoms with E-state index >= 15 is 0 Å². The van der Waals surface area contributed by atoms with Gasteiger partial charge in [-0.1, -0.05) is 22.0 Å². The molecule has 0 heterocycles. The summed E-state index contributed by atoms with van der Waals surface area (Å²) < 4.78 is 40.4. The summed E-state index contributed by atoms with van der Waals surface area (Å²) in [4.78, 5) is 11.9. The maximum absolute atomic E-state index is 13.6. The summed E-state index contributed by atoms with van der Waals surface area (Å²) in [6.07, 6.45) is 0. The van der Waals surface area contributed by atoms with Crippen LogP contribution in [0.5, 0.6) is 5.75 Å². The minimum Gasteiger partial charge on any atom is -0.503 e. The lowest BCUT2D eigenvalue weighted by Gasteiger charge is -2.09. The predicted molar refractivity (Wildman–Crippen MR) is 74.8 cm³/mol. The van der Waals surface area contributed by atoms with Gasteiger partial charge in [0.1, 0.15) is 0 Å². The normalized spacial score (nSPS) is 10.5. The predicted octanol–water partition coefficient (Wildman–Crippen LogP) is 4.13. The van der Waals surface area contributed by atoms with E-state index in [2.05, 4.69) is 21.2 Å². The molecule has 0 aromatic heterocycles. The topological polar surface area (TPSA) is 49.3 Å². The minimum absolute atomic E-state index is 0.334. The lowest BCUT2D eigenvalue weighted by Crippen LogP contribution is -2.15. The van der Waals surface area contributed by atoms with E-state index in [-0.39, 0.29) is 0 Å². The van der Waals surface area contributed by atoms with E-state index in [1.165, 1.54) is 0 Å². The zero-order valence-corrected chi connectivity index (χ0v) is 12.3. The summed E-state index contributed by atoms with van der Waals surface area (Å²) >= 11 is 3.26. The van der Waals surface area contributed by atoms with Crippen LogP contribution in [0, 0.1) is 24.4 Å². The molecule has 2 aromatic rings. The standard InChI is InChI=1S/C14H9BrF3NO2/c1-6-2-3-7(4-9(6)15)19-14(21)8-5-10(16)12(18)13(20)11(8)17/h2-5,20H,1H3,(H,19,21). The number of phenolic OH excluding ortho intramolecular Hbond substituents is 1. The molecule has 0 aliphatic rings. The third-order valence-electron chi connectivity index (χ3n) is 2.81. The van der Waals surface area contributed by atoms with Gasteiger partial charge >= 0.3 is 0 Å². The third-order valence-corrected chi connectivity index (χ3v) is 3.66. The van der Waals surface area contributed by atoms with E-state index in [1.54, 1.807) is 18.2 Å². The average Bonchev–Trinajstić information content (AvgIpc) is 2.44. The highest BCUT2D eigenvalue weighted by molar-refractivity contribution is 9.10. The lowest BCUT2D eigenvalue weighted by molar-refractivity contribution is 0.102. The molecule has 0 fully saturated rings. The van der Waals surface area contributed by atoms with E-state index in [4.69, 9.17) is 5.11 Å². The fraction of sp³-hybridized carbons (Fsp3) is 0.0714. The van der Waals surface area contributed by atoms with Crippen LogP contribution in [0.3, 0.4) is 0 Å². The monoisotopic (exact) mass is 359 g/mol. The Morgan fingerprint density at radius 2 is 1.86 bits per heavy atom. The molecule has 0 spiro atoms. The number of phenols is 1. The first-order chi connectivity index (χ1) is 9.81. The number of nitrogens with one attached hydrogen (secondary N) is 1. The van der Waals surface area contributed by atoms with Crippen molar-refractivity contribution in [3.8, 4) is 5.75 Å². The van der Waals surface area contributed by atoms with Crippen molar-refractivity contribution in [3.05, 3.63) is 57.3 Å². The van der Waals surface area contributed by atoms with Crippen molar-refractivity contribution < 1.29 is 23.1 Å². The Bertz CT molecular complexity index is 735. The summed E-state index contributed by atoms with van der Waals surface area (Å²) in [5, 5.41) is 11.4. The number of hydrogen-bond donors (Lipinski definition) is 2. The fourth-order valence-corrected chi connectivity index (χ4v) is 2.00. The van der Waals surface area contributed by atoms with E-state index in [1.807, 2.05) is 6.92 Å². The number of amides is 1. The number of aromatic hydroxyl groups is 1. The zero-order chi connectivity index (χ0) is 15.7. The van der Waals surface area contributed by atoms with Crippen molar-refractivity contribution in [3.63, 3.8) is 0 Å². The van der Waals surface area contributed by atoms with Crippen LogP contribution < -0.4 is 5.32 Å². The fourth-order valence-electron chi connectivity index (χ4n) is 1.62. The number of benzene rings is 2. The summed E-state index contributed by atoms with van der Waals surface area (Å²) in [6.45, 7) is 1.84. The molecule has 0 radical (unpaired) electrons. The number of anilines is 1. The number of carbonyl (C=O) groups excluding carboxylic acids is 1. The molecule has 0 unspecified atom stereocenters. The lowest BCUT2D eigenvalue weighted by atomic mass is 10.1. The van der Waals surface area contributed by atoms with E-state index in [9.17, 15) is 18.0 Å². The van der Waals surface area contributed by atoms with Gasteiger partial charge in [0.15, 0.2) is 17.4 Å². The van der Waals surface area contributed by atoms with Crippen molar-refractivity contribution in [2.24, 2.45) is 0 Å². The van der Waals surface area contributed by atoms with Crippen molar-refractivity contribution in [1.29, 1.82) is 0 Å². The highest BCUT2D eigenvalue weighted by atomic mass is 79.9. The van der Waals surface area contributed by atoms with Crippen LogP contribution in [0.4, 0.5) is 18.9 Å². The molecule has 0 aliphatic carbocycles. The van der Waals surface area contributed by atoms with Crippen LogP contribution in [0.2, 0.25) is 0 Å². The van der Waals surface area contributed by atoms with Gasteiger partial charge in [-0.05, 0) is 30.7 Å². The molecule has 0 aliphatic heterocycles.